The molecule has 0 saturated carbocycles. The fourth-order valence-electron chi connectivity index (χ4n) is 3.09. The molecule has 1 atom stereocenters. The molecule has 4 heteroatoms. The van der Waals surface area contributed by atoms with Gasteiger partial charge in [0.05, 0.1) is 0 Å². The molecular formula is C15H23NOS2. The van der Waals surface area contributed by atoms with Crippen LogP contribution in [0.1, 0.15) is 41.1 Å². The van der Waals surface area contributed by atoms with Crippen LogP contribution in [0.5, 0.6) is 0 Å². The van der Waals surface area contributed by atoms with Gasteiger partial charge in [-0.1, -0.05) is 6.92 Å². The Hall–Kier alpha value is -0.0300. The van der Waals surface area contributed by atoms with Crippen LogP contribution < -0.4 is 5.32 Å². The maximum Gasteiger partial charge on any atom is 0.0469 e. The van der Waals surface area contributed by atoms with Gasteiger partial charge in [0.2, 0.25) is 0 Å². The van der Waals surface area contributed by atoms with Crippen molar-refractivity contribution in [1.82, 2.24) is 5.32 Å². The molecule has 2 nitrogen and oxygen atoms in total. The van der Waals surface area contributed by atoms with Crippen LogP contribution in [0.25, 0.3) is 0 Å². The van der Waals surface area contributed by atoms with Crippen molar-refractivity contribution >= 4 is 23.1 Å². The Labute approximate surface area is 124 Å². The Morgan fingerprint density at radius 1 is 1.42 bits per heavy atom. The highest BCUT2D eigenvalue weighted by atomic mass is 32.2. The molecule has 0 aromatic carbocycles. The van der Waals surface area contributed by atoms with Crippen molar-refractivity contribution in [3.63, 3.8) is 0 Å². The molecular weight excluding hydrogens is 274 g/mol. The average molecular weight is 297 g/mol. The van der Waals surface area contributed by atoms with Gasteiger partial charge in [-0.3, -0.25) is 0 Å². The molecule has 106 valence electrons. The van der Waals surface area contributed by atoms with E-state index in [1.54, 1.807) is 15.3 Å². The number of nitrogens with one attached hydrogen (secondary N) is 1. The molecule has 1 aromatic heterocycles. The van der Waals surface area contributed by atoms with Gasteiger partial charge in [-0.2, -0.15) is 11.8 Å². The molecule has 0 radical (unpaired) electrons. The van der Waals surface area contributed by atoms with Crippen LogP contribution in [-0.2, 0) is 16.9 Å². The third-order valence-electron chi connectivity index (χ3n) is 4.11. The number of fused-ring (bicyclic) bond motifs is 1. The summed E-state index contributed by atoms with van der Waals surface area (Å²) in [6.45, 7) is 5.15. The molecule has 1 fully saturated rings. The van der Waals surface area contributed by atoms with E-state index in [1.807, 2.05) is 0 Å². The van der Waals surface area contributed by atoms with Crippen LogP contribution in [0, 0.1) is 5.92 Å². The fourth-order valence-corrected chi connectivity index (χ4v) is 5.64. The van der Waals surface area contributed by atoms with Crippen molar-refractivity contribution in [1.29, 1.82) is 0 Å². The summed E-state index contributed by atoms with van der Waals surface area (Å²) in [4.78, 5) is 3.21. The van der Waals surface area contributed by atoms with Crippen LogP contribution in [-0.4, -0.2) is 25.5 Å². The largest absolute Gasteiger partial charge is 0.381 e. The molecule has 3 rings (SSSR count). The van der Waals surface area contributed by atoms with Crippen molar-refractivity contribution in [2.24, 2.45) is 5.92 Å². The Morgan fingerprint density at radius 3 is 3.00 bits per heavy atom. The van der Waals surface area contributed by atoms with E-state index in [0.717, 1.165) is 25.7 Å². The number of hydrogen-bond donors (Lipinski definition) is 1. The zero-order chi connectivity index (χ0) is 13.1. The van der Waals surface area contributed by atoms with E-state index in [9.17, 15) is 0 Å². The first-order valence-electron chi connectivity index (χ1n) is 7.39. The molecule has 2 aliphatic rings. The monoisotopic (exact) mass is 297 g/mol. The standard InChI is InChI=1S/C15H23NOS2/c1-2-16-15(11-3-6-17-7-4-11)14-9-12-10-18-8-5-13(12)19-14/h9,11,15-16H,2-8,10H2,1H3. The zero-order valence-corrected chi connectivity index (χ0v) is 13.2. The van der Waals surface area contributed by atoms with Crippen LogP contribution >= 0.6 is 23.1 Å². The number of aryl methyl sites for hydroxylation is 1. The average Bonchev–Trinajstić information content (AvgIpc) is 2.89. The van der Waals surface area contributed by atoms with Gasteiger partial charge in [0.15, 0.2) is 0 Å². The van der Waals surface area contributed by atoms with E-state index >= 15 is 0 Å². The lowest BCUT2D eigenvalue weighted by Gasteiger charge is -2.30. The first-order chi connectivity index (χ1) is 9.38. The van der Waals surface area contributed by atoms with E-state index < -0.39 is 0 Å². The number of thioether (sulfide) groups is 1. The molecule has 1 N–H and O–H groups in total. The lowest BCUT2D eigenvalue weighted by atomic mass is 9.90. The zero-order valence-electron chi connectivity index (χ0n) is 11.6. The van der Waals surface area contributed by atoms with Crippen LogP contribution in [0.4, 0.5) is 0 Å². The summed E-state index contributed by atoms with van der Waals surface area (Å²) in [5.41, 5.74) is 1.60. The number of rotatable bonds is 4. The van der Waals surface area contributed by atoms with Gasteiger partial charge in [0.1, 0.15) is 0 Å². The molecule has 0 amide bonds. The second-order valence-corrected chi connectivity index (χ2v) is 7.66. The molecule has 1 aromatic rings. The quantitative estimate of drug-likeness (QED) is 0.917. The summed E-state index contributed by atoms with van der Waals surface area (Å²) in [5.74, 6) is 3.27. The maximum absolute atomic E-state index is 5.52. The van der Waals surface area contributed by atoms with E-state index in [0.29, 0.717) is 6.04 Å². The molecule has 0 aliphatic carbocycles. The number of ether oxygens (including phenoxy) is 1. The molecule has 2 aliphatic heterocycles. The summed E-state index contributed by atoms with van der Waals surface area (Å²) in [7, 11) is 0. The smallest absolute Gasteiger partial charge is 0.0469 e. The van der Waals surface area contributed by atoms with Crippen LogP contribution in [0.3, 0.4) is 0 Å². The number of thiophene rings is 1. The van der Waals surface area contributed by atoms with Crippen LogP contribution in [0.2, 0.25) is 0 Å². The molecule has 0 bridgehead atoms. The van der Waals surface area contributed by atoms with Gasteiger partial charge in [0.25, 0.3) is 0 Å². The molecule has 1 saturated heterocycles. The van der Waals surface area contributed by atoms with Crippen molar-refractivity contribution in [2.45, 2.75) is 38.0 Å². The Morgan fingerprint density at radius 2 is 2.26 bits per heavy atom. The summed E-state index contributed by atoms with van der Waals surface area (Å²) < 4.78 is 5.52. The predicted octanol–water partition coefficient (Wildman–Crippen LogP) is 3.61. The molecule has 19 heavy (non-hydrogen) atoms. The predicted molar refractivity (Wildman–Crippen MR) is 84.1 cm³/mol. The summed E-state index contributed by atoms with van der Waals surface area (Å²) in [6, 6.07) is 3.03. The third-order valence-corrected chi connectivity index (χ3v) is 6.44. The van der Waals surface area contributed by atoms with E-state index in [1.165, 1.54) is 30.8 Å². The molecule has 1 unspecified atom stereocenters. The van der Waals surface area contributed by atoms with Crippen molar-refractivity contribution in [3.8, 4) is 0 Å². The second-order valence-electron chi connectivity index (χ2n) is 5.38. The van der Waals surface area contributed by atoms with Gasteiger partial charge in [-0.05, 0) is 49.1 Å². The Kier molecular flexibility index (Phi) is 4.85. The Balaban J connectivity index is 1.80. The highest BCUT2D eigenvalue weighted by molar-refractivity contribution is 7.98. The van der Waals surface area contributed by atoms with Gasteiger partial charge >= 0.3 is 0 Å². The van der Waals surface area contributed by atoms with E-state index in [-0.39, 0.29) is 0 Å². The summed E-state index contributed by atoms with van der Waals surface area (Å²) in [5, 5.41) is 3.73. The minimum absolute atomic E-state index is 0.550. The van der Waals surface area contributed by atoms with Gasteiger partial charge in [-0.15, -0.1) is 11.3 Å². The summed E-state index contributed by atoms with van der Waals surface area (Å²) in [6.07, 6.45) is 3.68. The summed E-state index contributed by atoms with van der Waals surface area (Å²) >= 11 is 4.14. The minimum atomic E-state index is 0.550. The van der Waals surface area contributed by atoms with Crippen molar-refractivity contribution in [2.75, 3.05) is 25.5 Å². The number of hydrogen-bond acceptors (Lipinski definition) is 4. The third kappa shape index (κ3) is 3.18. The maximum atomic E-state index is 5.52. The van der Waals surface area contributed by atoms with Crippen molar-refractivity contribution < 1.29 is 4.74 Å². The minimum Gasteiger partial charge on any atom is -0.381 e. The highest BCUT2D eigenvalue weighted by Gasteiger charge is 2.27. The first-order valence-corrected chi connectivity index (χ1v) is 9.36. The fraction of sp³-hybridized carbons (Fsp3) is 0.733. The first kappa shape index (κ1) is 13.9. The second kappa shape index (κ2) is 6.61. The Bertz CT molecular complexity index is 389. The molecule has 3 heterocycles. The van der Waals surface area contributed by atoms with Gasteiger partial charge in [-0.25, -0.2) is 0 Å². The normalized spacial score (nSPS) is 22.2. The van der Waals surface area contributed by atoms with E-state index in [2.05, 4.69) is 41.4 Å². The van der Waals surface area contributed by atoms with Crippen molar-refractivity contribution in [3.05, 3.63) is 21.4 Å². The topological polar surface area (TPSA) is 21.3 Å². The lowest BCUT2D eigenvalue weighted by molar-refractivity contribution is 0.0542. The SMILES string of the molecule is CCNC(c1cc2c(s1)CCSC2)C1CCOCC1. The molecule has 0 spiro atoms. The van der Waals surface area contributed by atoms with Gasteiger partial charge < -0.3 is 10.1 Å². The van der Waals surface area contributed by atoms with Gasteiger partial charge in [0, 0.05) is 34.8 Å². The van der Waals surface area contributed by atoms with Crippen LogP contribution in [0.15, 0.2) is 6.07 Å². The van der Waals surface area contributed by atoms with E-state index in [4.69, 9.17) is 4.74 Å². The lowest BCUT2D eigenvalue weighted by Crippen LogP contribution is -2.31. The highest BCUT2D eigenvalue weighted by Crippen LogP contribution is 2.38.